The van der Waals surface area contributed by atoms with Crippen LogP contribution in [0.4, 0.5) is 5.95 Å². The van der Waals surface area contributed by atoms with Crippen LogP contribution in [0, 0.1) is 0 Å². The Morgan fingerprint density at radius 1 is 1.03 bits per heavy atom. The number of pyridine rings is 1. The third-order valence-corrected chi connectivity index (χ3v) is 7.19. The number of aromatic nitrogens is 3. The predicted molar refractivity (Wildman–Crippen MR) is 144 cm³/mol. The Kier molecular flexibility index (Phi) is 7.23. The predicted octanol–water partition coefficient (Wildman–Crippen LogP) is 4.75. The van der Waals surface area contributed by atoms with Crippen LogP contribution in [-0.2, 0) is 16.9 Å². The summed E-state index contributed by atoms with van der Waals surface area (Å²) >= 11 is 0. The Morgan fingerprint density at radius 2 is 1.78 bits per heavy atom. The molecule has 5 rings (SSSR count). The molecule has 2 aromatic carbocycles. The molecule has 1 N–H and O–H groups in total. The van der Waals surface area contributed by atoms with Gasteiger partial charge in [-0.3, -0.25) is 9.78 Å². The number of amides is 1. The van der Waals surface area contributed by atoms with E-state index in [0.29, 0.717) is 36.7 Å². The highest BCUT2D eigenvalue weighted by Gasteiger charge is 2.49. The second-order valence-corrected chi connectivity index (χ2v) is 9.51. The molecule has 1 saturated heterocycles. The van der Waals surface area contributed by atoms with Crippen LogP contribution >= 0.6 is 0 Å². The molecule has 4 aromatic rings. The highest BCUT2D eigenvalue weighted by Crippen LogP contribution is 2.48. The van der Waals surface area contributed by atoms with Crippen molar-refractivity contribution in [3.8, 4) is 11.3 Å². The van der Waals surface area contributed by atoms with E-state index in [9.17, 15) is 9.90 Å². The van der Waals surface area contributed by atoms with E-state index in [-0.39, 0.29) is 0 Å². The van der Waals surface area contributed by atoms with Gasteiger partial charge < -0.3 is 14.9 Å². The Morgan fingerprint density at radius 3 is 2.49 bits per heavy atom. The number of piperidine rings is 1. The average Bonchev–Trinajstić information content (AvgIpc) is 2.97. The van der Waals surface area contributed by atoms with Gasteiger partial charge in [0.05, 0.1) is 5.69 Å². The van der Waals surface area contributed by atoms with Crippen LogP contribution in [0.25, 0.3) is 11.3 Å². The van der Waals surface area contributed by atoms with Crippen molar-refractivity contribution in [2.75, 3.05) is 18.5 Å². The van der Waals surface area contributed by atoms with Crippen LogP contribution in [-0.4, -0.2) is 45.0 Å². The maximum absolute atomic E-state index is 12.5. The molecule has 1 fully saturated rings. The lowest BCUT2D eigenvalue weighted by atomic mass is 9.73. The molecule has 3 heterocycles. The number of hydrogen-bond donors (Lipinski definition) is 1. The van der Waals surface area contributed by atoms with Crippen molar-refractivity contribution in [2.24, 2.45) is 0 Å². The maximum atomic E-state index is 12.5. The van der Waals surface area contributed by atoms with E-state index in [1.54, 1.807) is 29.6 Å². The van der Waals surface area contributed by atoms with Crippen molar-refractivity contribution in [1.29, 1.82) is 0 Å². The van der Waals surface area contributed by atoms with Crippen molar-refractivity contribution in [2.45, 2.75) is 37.5 Å². The Labute approximate surface area is 217 Å². The van der Waals surface area contributed by atoms with Gasteiger partial charge >= 0.3 is 0 Å². The van der Waals surface area contributed by atoms with Crippen LogP contribution in [0.1, 0.15) is 42.1 Å². The topological polar surface area (TPSA) is 82.5 Å². The quantitative estimate of drug-likeness (QED) is 0.357. The van der Waals surface area contributed by atoms with Gasteiger partial charge in [0.15, 0.2) is 0 Å². The van der Waals surface area contributed by atoms with Crippen molar-refractivity contribution in [3.05, 3.63) is 108 Å². The van der Waals surface area contributed by atoms with E-state index < -0.39 is 11.6 Å². The van der Waals surface area contributed by atoms with Crippen LogP contribution < -0.4 is 4.90 Å². The molecule has 7 nitrogen and oxygen atoms in total. The molecule has 0 spiro atoms. The molecule has 7 heteroatoms. The molecule has 0 aliphatic carbocycles. The molecular formula is C30H31N5O2. The molecule has 2 unspecified atom stereocenters. The Bertz CT molecular complexity index is 1320. The summed E-state index contributed by atoms with van der Waals surface area (Å²) in [5, 5.41) is 11.9. The second-order valence-electron chi connectivity index (χ2n) is 9.51. The minimum Gasteiger partial charge on any atom is -0.386 e. The SMILES string of the molecule is CN(Cc1ccccc1)c1ncc(C2(C(O)c3cccnc3)CCCCN2C=O)c(-c2ccccc2)n1. The van der Waals surface area contributed by atoms with Crippen molar-refractivity contribution in [1.82, 2.24) is 19.9 Å². The summed E-state index contributed by atoms with van der Waals surface area (Å²) in [5.41, 5.74) is 3.14. The van der Waals surface area contributed by atoms with E-state index in [4.69, 9.17) is 9.97 Å². The summed E-state index contributed by atoms with van der Waals surface area (Å²) in [7, 11) is 1.97. The lowest BCUT2D eigenvalue weighted by Gasteiger charge is -2.49. The minimum atomic E-state index is -1.02. The molecule has 1 aliphatic heterocycles. The number of aliphatic hydroxyl groups is 1. The first-order valence-corrected chi connectivity index (χ1v) is 12.6. The molecule has 1 amide bonds. The van der Waals surface area contributed by atoms with Crippen LogP contribution in [0.15, 0.2) is 91.4 Å². The second kappa shape index (κ2) is 10.9. The lowest BCUT2D eigenvalue weighted by Crippen LogP contribution is -2.53. The normalized spacial score (nSPS) is 18.3. The number of carbonyl (C=O) groups is 1. The van der Waals surface area contributed by atoms with Crippen LogP contribution in [0.5, 0.6) is 0 Å². The minimum absolute atomic E-state index is 0.546. The van der Waals surface area contributed by atoms with Gasteiger partial charge in [0.1, 0.15) is 11.6 Å². The third kappa shape index (κ3) is 4.82. The summed E-state index contributed by atoms with van der Waals surface area (Å²) < 4.78 is 0. The molecule has 1 aliphatic rings. The summed E-state index contributed by atoms with van der Waals surface area (Å²) in [5.74, 6) is 0.575. The maximum Gasteiger partial charge on any atom is 0.225 e. The zero-order valence-electron chi connectivity index (χ0n) is 20.9. The number of likely N-dealkylation sites (tertiary alicyclic amines) is 1. The highest BCUT2D eigenvalue weighted by atomic mass is 16.3. The molecule has 0 bridgehead atoms. The summed E-state index contributed by atoms with van der Waals surface area (Å²) in [4.78, 5) is 30.2. The number of aliphatic hydroxyl groups excluding tert-OH is 1. The van der Waals surface area contributed by atoms with Gasteiger partial charge in [-0.15, -0.1) is 0 Å². The van der Waals surface area contributed by atoms with Gasteiger partial charge in [-0.05, 0) is 30.9 Å². The monoisotopic (exact) mass is 493 g/mol. The average molecular weight is 494 g/mol. The first kappa shape index (κ1) is 24.6. The zero-order chi connectivity index (χ0) is 25.7. The number of rotatable bonds is 8. The molecule has 0 saturated carbocycles. The van der Waals surface area contributed by atoms with E-state index in [1.165, 1.54) is 0 Å². The van der Waals surface area contributed by atoms with Gasteiger partial charge in [-0.25, -0.2) is 9.97 Å². The van der Waals surface area contributed by atoms with Gasteiger partial charge in [0.2, 0.25) is 12.4 Å². The Hall–Kier alpha value is -4.10. The first-order chi connectivity index (χ1) is 18.1. The summed E-state index contributed by atoms with van der Waals surface area (Å²) in [6.45, 7) is 1.20. The van der Waals surface area contributed by atoms with Crippen molar-refractivity contribution >= 4 is 12.4 Å². The van der Waals surface area contributed by atoms with Crippen molar-refractivity contribution < 1.29 is 9.90 Å². The zero-order valence-corrected chi connectivity index (χ0v) is 20.9. The van der Waals surface area contributed by atoms with Crippen LogP contribution in [0.2, 0.25) is 0 Å². The van der Waals surface area contributed by atoms with Gasteiger partial charge in [0, 0.05) is 55.4 Å². The van der Waals surface area contributed by atoms with E-state index in [0.717, 1.165) is 35.9 Å². The molecule has 188 valence electrons. The van der Waals surface area contributed by atoms with Gasteiger partial charge in [-0.2, -0.15) is 0 Å². The van der Waals surface area contributed by atoms with Crippen LogP contribution in [0.3, 0.4) is 0 Å². The number of hydrogen-bond acceptors (Lipinski definition) is 6. The summed E-state index contributed by atoms with van der Waals surface area (Å²) in [6.07, 6.45) is 7.32. The number of benzene rings is 2. The van der Waals surface area contributed by atoms with E-state index in [1.807, 2.05) is 66.5 Å². The number of anilines is 1. The Balaban J connectivity index is 1.67. The molecule has 2 aromatic heterocycles. The fraction of sp³-hybridized carbons (Fsp3) is 0.267. The van der Waals surface area contributed by atoms with Gasteiger partial charge in [-0.1, -0.05) is 66.7 Å². The molecule has 0 radical (unpaired) electrons. The van der Waals surface area contributed by atoms with E-state index >= 15 is 0 Å². The fourth-order valence-electron chi connectivity index (χ4n) is 5.33. The molecule has 37 heavy (non-hydrogen) atoms. The highest BCUT2D eigenvalue weighted by molar-refractivity contribution is 5.67. The third-order valence-electron chi connectivity index (χ3n) is 7.19. The van der Waals surface area contributed by atoms with Crippen molar-refractivity contribution in [3.63, 3.8) is 0 Å². The van der Waals surface area contributed by atoms with E-state index in [2.05, 4.69) is 17.1 Å². The standard InChI is InChI=1S/C30H31N5O2/c1-34(21-23-11-4-2-5-12-23)29-32-20-26(27(33-29)24-13-6-3-7-14-24)30(16-8-9-18-35(30)22-36)28(37)25-15-10-17-31-19-25/h2-7,10-15,17,19-20,22,28,37H,8-9,16,18,21H2,1H3. The molecular weight excluding hydrogens is 462 g/mol. The van der Waals surface area contributed by atoms with Gasteiger partial charge in [0.25, 0.3) is 0 Å². The first-order valence-electron chi connectivity index (χ1n) is 12.6. The fourth-order valence-corrected chi connectivity index (χ4v) is 5.33. The summed E-state index contributed by atoms with van der Waals surface area (Å²) in [6, 6.07) is 23.7. The smallest absolute Gasteiger partial charge is 0.225 e. The molecule has 2 atom stereocenters. The number of nitrogens with zero attached hydrogens (tertiary/aromatic N) is 5. The lowest BCUT2D eigenvalue weighted by molar-refractivity contribution is -0.135. The number of carbonyl (C=O) groups excluding carboxylic acids is 1. The largest absolute Gasteiger partial charge is 0.386 e.